The summed E-state index contributed by atoms with van der Waals surface area (Å²) in [6, 6.07) is 11.6. The number of anilines is 1. The van der Waals surface area contributed by atoms with Crippen LogP contribution in [0.1, 0.15) is 5.56 Å². The van der Waals surface area contributed by atoms with Crippen LogP contribution >= 0.6 is 0 Å². The number of methoxy groups -OCH3 is 1. The summed E-state index contributed by atoms with van der Waals surface area (Å²) < 4.78 is 17.8. The largest absolute Gasteiger partial charge is 0.504 e. The number of halogens is 1. The SMILES string of the molecule is COc1cccc(C=C(C#N)C(=O)Nc2ccc(F)cc2)c1O. The Morgan fingerprint density at radius 2 is 2.00 bits per heavy atom. The summed E-state index contributed by atoms with van der Waals surface area (Å²) >= 11 is 0. The molecule has 2 aromatic carbocycles. The molecule has 2 N–H and O–H groups in total. The number of ether oxygens (including phenoxy) is 1. The van der Waals surface area contributed by atoms with Gasteiger partial charge in [-0.1, -0.05) is 12.1 Å². The summed E-state index contributed by atoms with van der Waals surface area (Å²) in [6.07, 6.45) is 1.25. The number of nitriles is 1. The molecule has 2 aromatic rings. The van der Waals surface area contributed by atoms with Crippen LogP contribution in [-0.2, 0) is 4.79 Å². The van der Waals surface area contributed by atoms with E-state index in [9.17, 15) is 14.3 Å². The first kappa shape index (κ1) is 16.0. The van der Waals surface area contributed by atoms with Gasteiger partial charge in [0.1, 0.15) is 17.5 Å². The van der Waals surface area contributed by atoms with Gasteiger partial charge in [0, 0.05) is 11.3 Å². The summed E-state index contributed by atoms with van der Waals surface area (Å²) in [4.78, 5) is 12.1. The van der Waals surface area contributed by atoms with Crippen LogP contribution in [0.15, 0.2) is 48.0 Å². The number of aromatic hydroxyl groups is 1. The Hall–Kier alpha value is -3.33. The van der Waals surface area contributed by atoms with Crippen molar-refractivity contribution in [1.29, 1.82) is 5.26 Å². The van der Waals surface area contributed by atoms with Crippen LogP contribution in [0.3, 0.4) is 0 Å². The maximum Gasteiger partial charge on any atom is 0.266 e. The van der Waals surface area contributed by atoms with Crippen molar-refractivity contribution in [3.8, 4) is 17.6 Å². The first-order valence-corrected chi connectivity index (χ1v) is 6.60. The van der Waals surface area contributed by atoms with Gasteiger partial charge in [-0.15, -0.1) is 0 Å². The van der Waals surface area contributed by atoms with Crippen LogP contribution in [0.4, 0.5) is 10.1 Å². The van der Waals surface area contributed by atoms with Crippen LogP contribution < -0.4 is 10.1 Å². The minimum absolute atomic E-state index is 0.169. The van der Waals surface area contributed by atoms with Gasteiger partial charge in [-0.05, 0) is 36.4 Å². The van der Waals surface area contributed by atoms with E-state index in [0.717, 1.165) is 0 Å². The summed E-state index contributed by atoms with van der Waals surface area (Å²) in [7, 11) is 1.40. The van der Waals surface area contributed by atoms with E-state index in [-0.39, 0.29) is 22.6 Å². The third-order valence-corrected chi connectivity index (χ3v) is 3.02. The van der Waals surface area contributed by atoms with Crippen molar-refractivity contribution < 1.29 is 19.0 Å². The fourth-order valence-electron chi connectivity index (χ4n) is 1.86. The molecule has 6 heteroatoms. The summed E-state index contributed by atoms with van der Waals surface area (Å²) in [5.74, 6) is -1.03. The number of para-hydroxylation sites is 1. The van der Waals surface area contributed by atoms with Gasteiger partial charge in [-0.3, -0.25) is 4.79 Å². The monoisotopic (exact) mass is 312 g/mol. The van der Waals surface area contributed by atoms with E-state index in [2.05, 4.69) is 5.32 Å². The normalized spacial score (nSPS) is 10.7. The molecule has 0 spiro atoms. The topological polar surface area (TPSA) is 82.3 Å². The number of nitrogens with zero attached hydrogens (tertiary/aromatic N) is 1. The first-order valence-electron chi connectivity index (χ1n) is 6.60. The molecule has 0 bridgehead atoms. The van der Waals surface area contributed by atoms with Gasteiger partial charge < -0.3 is 15.2 Å². The standard InChI is InChI=1S/C17H13FN2O3/c1-23-15-4-2-3-11(16(15)21)9-12(10-19)17(22)20-14-7-5-13(18)6-8-14/h2-9,21H,1H3,(H,20,22). The van der Waals surface area contributed by atoms with Gasteiger partial charge in [0.05, 0.1) is 7.11 Å². The molecule has 0 unspecified atom stereocenters. The van der Waals surface area contributed by atoms with Crippen molar-refractivity contribution in [2.45, 2.75) is 0 Å². The summed E-state index contributed by atoms with van der Waals surface area (Å²) in [6.45, 7) is 0. The zero-order chi connectivity index (χ0) is 16.8. The third-order valence-electron chi connectivity index (χ3n) is 3.02. The van der Waals surface area contributed by atoms with Gasteiger partial charge >= 0.3 is 0 Å². The summed E-state index contributed by atoms with van der Waals surface area (Å²) in [5.41, 5.74) is 0.417. The number of phenols is 1. The average molecular weight is 312 g/mol. The Morgan fingerprint density at radius 1 is 1.30 bits per heavy atom. The minimum atomic E-state index is -0.665. The molecular formula is C17H13FN2O3. The number of hydrogen-bond acceptors (Lipinski definition) is 4. The number of nitrogens with one attached hydrogen (secondary N) is 1. The molecule has 0 aliphatic carbocycles. The lowest BCUT2D eigenvalue weighted by atomic mass is 10.1. The number of carbonyl (C=O) groups is 1. The van der Waals surface area contributed by atoms with Gasteiger partial charge in [0.15, 0.2) is 11.5 Å². The molecule has 0 radical (unpaired) electrons. The van der Waals surface area contributed by atoms with Crippen molar-refractivity contribution in [2.24, 2.45) is 0 Å². The van der Waals surface area contributed by atoms with E-state index in [1.807, 2.05) is 0 Å². The Morgan fingerprint density at radius 3 is 2.61 bits per heavy atom. The average Bonchev–Trinajstić information content (AvgIpc) is 2.56. The number of phenolic OH excluding ortho intramolecular Hbond substituents is 1. The fraction of sp³-hybridized carbons (Fsp3) is 0.0588. The van der Waals surface area contributed by atoms with Crippen molar-refractivity contribution in [3.63, 3.8) is 0 Å². The van der Waals surface area contributed by atoms with Crippen LogP contribution in [-0.4, -0.2) is 18.1 Å². The van der Waals surface area contributed by atoms with Gasteiger partial charge in [0.2, 0.25) is 0 Å². The molecule has 0 aromatic heterocycles. The zero-order valence-electron chi connectivity index (χ0n) is 12.2. The quantitative estimate of drug-likeness (QED) is 0.671. The number of hydrogen-bond donors (Lipinski definition) is 2. The molecule has 2 rings (SSSR count). The highest BCUT2D eigenvalue weighted by Gasteiger charge is 2.12. The second-order valence-electron chi connectivity index (χ2n) is 4.53. The smallest absolute Gasteiger partial charge is 0.266 e. The van der Waals surface area contributed by atoms with E-state index in [0.29, 0.717) is 5.69 Å². The highest BCUT2D eigenvalue weighted by molar-refractivity contribution is 6.09. The van der Waals surface area contributed by atoms with Crippen molar-refractivity contribution >= 4 is 17.7 Å². The highest BCUT2D eigenvalue weighted by Crippen LogP contribution is 2.30. The maximum atomic E-state index is 12.8. The molecule has 5 nitrogen and oxygen atoms in total. The van der Waals surface area contributed by atoms with Crippen molar-refractivity contribution in [2.75, 3.05) is 12.4 Å². The second-order valence-corrected chi connectivity index (χ2v) is 4.53. The predicted octanol–water partition coefficient (Wildman–Crippen LogP) is 3.09. The Bertz CT molecular complexity index is 792. The molecule has 0 heterocycles. The highest BCUT2D eigenvalue weighted by atomic mass is 19.1. The van der Waals surface area contributed by atoms with E-state index < -0.39 is 11.7 Å². The van der Waals surface area contributed by atoms with E-state index in [1.54, 1.807) is 24.3 Å². The minimum Gasteiger partial charge on any atom is -0.504 e. The molecule has 0 saturated carbocycles. The number of benzene rings is 2. The molecule has 116 valence electrons. The maximum absolute atomic E-state index is 12.8. The lowest BCUT2D eigenvalue weighted by molar-refractivity contribution is -0.112. The lowest BCUT2D eigenvalue weighted by Gasteiger charge is -2.07. The zero-order valence-corrected chi connectivity index (χ0v) is 12.2. The molecular weight excluding hydrogens is 299 g/mol. The Balaban J connectivity index is 2.27. The fourth-order valence-corrected chi connectivity index (χ4v) is 1.86. The number of rotatable bonds is 4. The molecule has 0 aliphatic rings. The molecule has 1 amide bonds. The second kappa shape index (κ2) is 7.09. The van der Waals surface area contributed by atoms with Crippen molar-refractivity contribution in [3.05, 3.63) is 59.4 Å². The van der Waals surface area contributed by atoms with E-state index >= 15 is 0 Å². The Labute approximate surface area is 132 Å². The third kappa shape index (κ3) is 3.86. The van der Waals surface area contributed by atoms with Crippen LogP contribution in [0.5, 0.6) is 11.5 Å². The molecule has 0 fully saturated rings. The van der Waals surface area contributed by atoms with Gasteiger partial charge in [0.25, 0.3) is 5.91 Å². The van der Waals surface area contributed by atoms with Crippen LogP contribution in [0, 0.1) is 17.1 Å². The molecule has 23 heavy (non-hydrogen) atoms. The number of carbonyl (C=O) groups excluding carboxylic acids is 1. The summed E-state index contributed by atoms with van der Waals surface area (Å²) in [5, 5.41) is 21.6. The van der Waals surface area contributed by atoms with Crippen molar-refractivity contribution in [1.82, 2.24) is 0 Å². The van der Waals surface area contributed by atoms with E-state index in [1.165, 1.54) is 37.5 Å². The van der Waals surface area contributed by atoms with Gasteiger partial charge in [-0.2, -0.15) is 5.26 Å². The first-order chi connectivity index (χ1) is 11.0. The molecule has 0 aliphatic heterocycles. The van der Waals surface area contributed by atoms with Gasteiger partial charge in [-0.25, -0.2) is 4.39 Å². The van der Waals surface area contributed by atoms with E-state index in [4.69, 9.17) is 10.00 Å². The van der Waals surface area contributed by atoms with Crippen LogP contribution in [0.25, 0.3) is 6.08 Å². The molecule has 0 atom stereocenters. The predicted molar refractivity (Wildman–Crippen MR) is 83.3 cm³/mol. The number of amides is 1. The van der Waals surface area contributed by atoms with Crippen LogP contribution in [0.2, 0.25) is 0 Å². The molecule has 0 saturated heterocycles. The Kier molecular flexibility index (Phi) is 4.95. The lowest BCUT2D eigenvalue weighted by Crippen LogP contribution is -2.13.